The smallest absolute Gasteiger partial charge is 0.362 e. The largest absolute Gasteiger partial charge is 0.442 e. The first-order valence-corrected chi connectivity index (χ1v) is 8.03. The van der Waals surface area contributed by atoms with Crippen LogP contribution in [0, 0.1) is 0 Å². The molecule has 4 unspecified atom stereocenters. The van der Waals surface area contributed by atoms with E-state index in [-0.39, 0.29) is 12.2 Å². The molecule has 0 radical (unpaired) electrons. The van der Waals surface area contributed by atoms with E-state index in [4.69, 9.17) is 0 Å². The van der Waals surface area contributed by atoms with Crippen molar-refractivity contribution in [2.24, 2.45) is 0 Å². The number of ether oxygens (including phenoxy) is 2. The van der Waals surface area contributed by atoms with Crippen LogP contribution in [0.1, 0.15) is 6.42 Å². The molecule has 2 aliphatic rings. The maximum Gasteiger partial charge on any atom is 0.362 e. The molecule has 0 aromatic carbocycles. The lowest BCUT2D eigenvalue weighted by Gasteiger charge is -2.65. The van der Waals surface area contributed by atoms with Crippen molar-refractivity contribution in [1.82, 2.24) is 0 Å². The van der Waals surface area contributed by atoms with E-state index < -0.39 is 71.5 Å². The Morgan fingerprint density at radius 1 is 0.719 bits per heavy atom. The number of halogens is 12. The summed E-state index contributed by atoms with van der Waals surface area (Å²) >= 11 is 0. The summed E-state index contributed by atoms with van der Waals surface area (Å²) in [6.07, 6.45) is -3.94. The second-order valence-corrected chi connectivity index (χ2v) is 6.87. The minimum Gasteiger partial charge on any atom is -0.442 e. The summed E-state index contributed by atoms with van der Waals surface area (Å²) in [5, 5.41) is 0. The van der Waals surface area contributed by atoms with Crippen molar-refractivity contribution in [2.45, 2.75) is 52.9 Å². The molecule has 0 heterocycles. The fourth-order valence-corrected chi connectivity index (χ4v) is 3.61. The lowest BCUT2D eigenvalue weighted by molar-refractivity contribution is -0.522. The molecule has 2 rings (SSSR count). The second kappa shape index (κ2) is 6.56. The van der Waals surface area contributed by atoms with Crippen molar-refractivity contribution >= 4 is 11.9 Å². The SMILES string of the molecule is C=CC(=O)OC1(F)CC2(OC(=O)C=C)C(F)(F)C(F)(CF)C(F)(F)C(F)(C1(F)F)C2(F)F. The van der Waals surface area contributed by atoms with Crippen LogP contribution in [0.25, 0.3) is 0 Å². The Balaban J connectivity index is 3.12. The van der Waals surface area contributed by atoms with E-state index in [1.165, 1.54) is 0 Å². The van der Waals surface area contributed by atoms with Crippen LogP contribution in [0.2, 0.25) is 0 Å². The van der Waals surface area contributed by atoms with Crippen molar-refractivity contribution < 1.29 is 71.7 Å². The number of hydrogen-bond acceptors (Lipinski definition) is 4. The normalized spacial score (nSPS) is 40.6. The Hall–Kier alpha value is -2.42. The van der Waals surface area contributed by atoms with Crippen LogP contribution >= 0.6 is 0 Å². The van der Waals surface area contributed by atoms with Crippen LogP contribution < -0.4 is 0 Å². The van der Waals surface area contributed by atoms with Crippen molar-refractivity contribution in [1.29, 1.82) is 0 Å². The van der Waals surface area contributed by atoms with Gasteiger partial charge in [-0.1, -0.05) is 13.2 Å². The Morgan fingerprint density at radius 2 is 1.16 bits per heavy atom. The highest BCUT2D eigenvalue weighted by Crippen LogP contribution is 2.77. The molecule has 0 spiro atoms. The molecule has 0 aliphatic heterocycles. The highest BCUT2D eigenvalue weighted by atomic mass is 19.3. The molecule has 4 nitrogen and oxygen atoms in total. The summed E-state index contributed by atoms with van der Waals surface area (Å²) < 4.78 is 182. The van der Waals surface area contributed by atoms with E-state index in [0.29, 0.717) is 0 Å². The number of hydrogen-bond donors (Lipinski definition) is 0. The molecule has 4 atom stereocenters. The lowest BCUT2D eigenvalue weighted by atomic mass is 9.52. The maximum atomic E-state index is 15.1. The predicted octanol–water partition coefficient (Wildman–Crippen LogP) is 4.19. The summed E-state index contributed by atoms with van der Waals surface area (Å²) in [5.41, 5.74) is -19.8. The number of carbonyl (C=O) groups excluding carboxylic acids is 2. The topological polar surface area (TPSA) is 52.6 Å². The fourth-order valence-electron chi connectivity index (χ4n) is 3.61. The molecule has 0 N–H and O–H groups in total. The van der Waals surface area contributed by atoms with Gasteiger partial charge in [0.2, 0.25) is 0 Å². The molecule has 2 fully saturated rings. The van der Waals surface area contributed by atoms with Gasteiger partial charge in [0.1, 0.15) is 6.67 Å². The highest BCUT2D eigenvalue weighted by molar-refractivity contribution is 5.82. The molecule has 182 valence electrons. The zero-order valence-corrected chi connectivity index (χ0v) is 15.2. The van der Waals surface area contributed by atoms with Crippen LogP contribution in [0.4, 0.5) is 52.7 Å². The molecule has 2 saturated carbocycles. The molecule has 0 aromatic heterocycles. The maximum absolute atomic E-state index is 15.1. The van der Waals surface area contributed by atoms with Crippen LogP contribution in [0.5, 0.6) is 0 Å². The lowest BCUT2D eigenvalue weighted by Crippen LogP contribution is -2.96. The van der Waals surface area contributed by atoms with Crippen molar-refractivity contribution in [2.75, 3.05) is 6.67 Å². The van der Waals surface area contributed by atoms with E-state index in [1.54, 1.807) is 0 Å². The van der Waals surface area contributed by atoms with Gasteiger partial charge in [0, 0.05) is 12.2 Å². The van der Waals surface area contributed by atoms with Crippen molar-refractivity contribution in [3.63, 3.8) is 0 Å². The monoisotopic (exact) mass is 494 g/mol. The van der Waals surface area contributed by atoms with E-state index in [9.17, 15) is 53.5 Å². The van der Waals surface area contributed by atoms with Gasteiger partial charge in [-0.3, -0.25) is 0 Å². The van der Waals surface area contributed by atoms with Crippen LogP contribution in [-0.4, -0.2) is 65.1 Å². The molecule has 16 heteroatoms. The molecule has 2 bridgehead atoms. The van der Waals surface area contributed by atoms with Crippen LogP contribution in [-0.2, 0) is 19.1 Å². The molecule has 0 saturated heterocycles. The highest BCUT2D eigenvalue weighted by Gasteiger charge is 3.08. The van der Waals surface area contributed by atoms with Gasteiger partial charge in [-0.05, 0) is 0 Å². The van der Waals surface area contributed by atoms with E-state index in [0.717, 1.165) is 0 Å². The molecular weight excluding hydrogens is 484 g/mol. The van der Waals surface area contributed by atoms with Gasteiger partial charge in [-0.25, -0.2) is 22.8 Å². The predicted molar refractivity (Wildman–Crippen MR) is 77.2 cm³/mol. The van der Waals surface area contributed by atoms with Gasteiger partial charge in [-0.2, -0.15) is 39.5 Å². The fraction of sp³-hybridized carbons (Fsp3) is 0.625. The molecule has 0 aromatic rings. The summed E-state index contributed by atoms with van der Waals surface area (Å²) in [4.78, 5) is 22.6. The zero-order valence-electron chi connectivity index (χ0n) is 15.2. The average Bonchev–Trinajstić information content (AvgIpc) is 2.68. The molecule has 32 heavy (non-hydrogen) atoms. The van der Waals surface area contributed by atoms with Gasteiger partial charge in [0.05, 0.1) is 6.42 Å². The summed E-state index contributed by atoms with van der Waals surface area (Å²) in [5.74, 6) is -39.0. The van der Waals surface area contributed by atoms with Gasteiger partial charge in [0.25, 0.3) is 11.3 Å². The first-order chi connectivity index (χ1) is 14.2. The quantitative estimate of drug-likeness (QED) is 0.327. The molecule has 0 amide bonds. The van der Waals surface area contributed by atoms with Crippen LogP contribution in [0.3, 0.4) is 0 Å². The number of fused-ring (bicyclic) bond motifs is 2. The van der Waals surface area contributed by atoms with Gasteiger partial charge in [0.15, 0.2) is 0 Å². The van der Waals surface area contributed by atoms with Crippen molar-refractivity contribution in [3.8, 4) is 0 Å². The number of alkyl halides is 12. The summed E-state index contributed by atoms with van der Waals surface area (Å²) in [7, 11) is 0. The van der Waals surface area contributed by atoms with E-state index in [2.05, 4.69) is 22.6 Å². The summed E-state index contributed by atoms with van der Waals surface area (Å²) in [6.45, 7) is 1.33. The third-order valence-corrected chi connectivity index (χ3v) is 5.31. The van der Waals surface area contributed by atoms with Crippen molar-refractivity contribution in [3.05, 3.63) is 25.3 Å². The molecular formula is C16H10F12O4. The van der Waals surface area contributed by atoms with Crippen LogP contribution in [0.15, 0.2) is 25.3 Å². The zero-order chi connectivity index (χ0) is 25.4. The van der Waals surface area contributed by atoms with Gasteiger partial charge in [-0.15, -0.1) is 0 Å². The third kappa shape index (κ3) is 2.27. The number of rotatable bonds is 5. The Labute approximate surface area is 169 Å². The minimum absolute atomic E-state index is 0.176. The van der Waals surface area contributed by atoms with E-state index >= 15 is 8.78 Å². The number of carbonyl (C=O) groups is 2. The second-order valence-electron chi connectivity index (χ2n) is 6.87. The Bertz CT molecular complexity index is 875. The third-order valence-electron chi connectivity index (χ3n) is 5.31. The first kappa shape index (κ1) is 25.8. The summed E-state index contributed by atoms with van der Waals surface area (Å²) in [6, 6.07) is 0. The van der Waals surface area contributed by atoms with E-state index in [1.807, 2.05) is 0 Å². The standard InChI is InChI=1S/C16H10F12O4/c1-3-7(29)31-10-5-11(19,32-8(30)4-2)16(27,28)12(20,15(10,25)26)14(23,24)9(18,6-17)13(10,21)22/h3-4H,1-2,5-6H2. The Morgan fingerprint density at radius 3 is 1.56 bits per heavy atom. The first-order valence-electron chi connectivity index (χ1n) is 8.03. The Kier molecular flexibility index (Phi) is 5.29. The van der Waals surface area contributed by atoms with Gasteiger partial charge >= 0.3 is 47.2 Å². The molecule has 2 aliphatic carbocycles. The van der Waals surface area contributed by atoms with Gasteiger partial charge < -0.3 is 9.47 Å². The minimum atomic E-state index is -7.41. The average molecular weight is 494 g/mol. The number of esters is 2.